The Morgan fingerprint density at radius 1 is 1.14 bits per heavy atom. The number of benzene rings is 2. The van der Waals surface area contributed by atoms with Crippen molar-refractivity contribution in [2.45, 2.75) is 18.7 Å². The van der Waals surface area contributed by atoms with E-state index < -0.39 is 15.8 Å². The Kier molecular flexibility index (Phi) is 4.25. The number of nitrogen functional groups attached to an aromatic ring is 1. The van der Waals surface area contributed by atoms with Crippen molar-refractivity contribution in [1.29, 1.82) is 0 Å². The molecule has 0 radical (unpaired) electrons. The number of hydrogen-bond donors (Lipinski definition) is 2. The Bertz CT molecular complexity index is 787. The van der Waals surface area contributed by atoms with E-state index in [9.17, 15) is 12.8 Å². The molecule has 2 rings (SSSR count). The van der Waals surface area contributed by atoms with E-state index in [2.05, 4.69) is 20.7 Å². The summed E-state index contributed by atoms with van der Waals surface area (Å²) < 4.78 is 41.2. The van der Waals surface area contributed by atoms with E-state index in [1.807, 2.05) is 0 Å². The van der Waals surface area contributed by atoms with Crippen molar-refractivity contribution in [2.24, 2.45) is 0 Å². The molecule has 0 aliphatic carbocycles. The van der Waals surface area contributed by atoms with Gasteiger partial charge in [0, 0.05) is 10.2 Å². The highest BCUT2D eigenvalue weighted by Crippen LogP contribution is 2.28. The van der Waals surface area contributed by atoms with Crippen LogP contribution in [0.3, 0.4) is 0 Å². The molecule has 7 heteroatoms. The molecular weight excluding hydrogens is 359 g/mol. The second-order valence-electron chi connectivity index (χ2n) is 4.74. The molecule has 112 valence electrons. The third-order valence-corrected chi connectivity index (χ3v) is 4.91. The van der Waals surface area contributed by atoms with Gasteiger partial charge in [0.2, 0.25) is 0 Å². The fourth-order valence-electron chi connectivity index (χ4n) is 1.96. The standard InChI is InChI=1S/C14H14BrFN2O2S/c1-8-3-11(16)7-12(4-8)18-21(19,20)14-6-10(15)5-13(17)9(14)2/h3-7,18H,17H2,1-2H3. The van der Waals surface area contributed by atoms with Crippen LogP contribution < -0.4 is 10.5 Å². The van der Waals surface area contributed by atoms with Crippen molar-refractivity contribution in [3.05, 3.63) is 51.7 Å². The smallest absolute Gasteiger partial charge is 0.262 e. The average Bonchev–Trinajstić information content (AvgIpc) is 2.31. The van der Waals surface area contributed by atoms with Crippen LogP contribution in [0.15, 0.2) is 39.7 Å². The lowest BCUT2D eigenvalue weighted by Crippen LogP contribution is -2.15. The number of aryl methyl sites for hydroxylation is 1. The zero-order valence-corrected chi connectivity index (χ0v) is 13.8. The number of hydrogen-bond acceptors (Lipinski definition) is 3. The molecule has 0 aliphatic rings. The van der Waals surface area contributed by atoms with Gasteiger partial charge in [0.1, 0.15) is 5.82 Å². The van der Waals surface area contributed by atoms with Crippen molar-refractivity contribution in [3.8, 4) is 0 Å². The van der Waals surface area contributed by atoms with E-state index >= 15 is 0 Å². The molecular formula is C14H14BrFN2O2S. The quantitative estimate of drug-likeness (QED) is 0.808. The fraction of sp³-hybridized carbons (Fsp3) is 0.143. The Morgan fingerprint density at radius 3 is 2.43 bits per heavy atom. The molecule has 0 atom stereocenters. The summed E-state index contributed by atoms with van der Waals surface area (Å²) in [7, 11) is -3.85. The van der Waals surface area contributed by atoms with Gasteiger partial charge in [0.05, 0.1) is 10.6 Å². The van der Waals surface area contributed by atoms with Crippen LogP contribution in [0.5, 0.6) is 0 Å². The van der Waals surface area contributed by atoms with Crippen LogP contribution in [0, 0.1) is 19.7 Å². The van der Waals surface area contributed by atoms with Gasteiger partial charge in [-0.25, -0.2) is 12.8 Å². The van der Waals surface area contributed by atoms with Gasteiger partial charge in [-0.05, 0) is 55.3 Å². The maximum absolute atomic E-state index is 13.4. The lowest BCUT2D eigenvalue weighted by Gasteiger charge is -2.13. The molecule has 0 saturated heterocycles. The highest BCUT2D eigenvalue weighted by molar-refractivity contribution is 9.10. The molecule has 2 aromatic carbocycles. The Morgan fingerprint density at radius 2 is 1.81 bits per heavy atom. The lowest BCUT2D eigenvalue weighted by molar-refractivity contribution is 0.600. The maximum Gasteiger partial charge on any atom is 0.262 e. The summed E-state index contributed by atoms with van der Waals surface area (Å²) in [4.78, 5) is 0.0521. The topological polar surface area (TPSA) is 72.2 Å². The van der Waals surface area contributed by atoms with Crippen LogP contribution in [0.1, 0.15) is 11.1 Å². The second kappa shape index (κ2) is 5.65. The minimum atomic E-state index is -3.85. The monoisotopic (exact) mass is 372 g/mol. The molecule has 0 aliphatic heterocycles. The molecule has 0 spiro atoms. The molecule has 0 bridgehead atoms. The summed E-state index contributed by atoms with van der Waals surface area (Å²) in [5.41, 5.74) is 7.38. The third kappa shape index (κ3) is 3.54. The van der Waals surface area contributed by atoms with Crippen molar-refractivity contribution in [1.82, 2.24) is 0 Å². The van der Waals surface area contributed by atoms with Gasteiger partial charge in [0.25, 0.3) is 10.0 Å². The first-order chi connectivity index (χ1) is 9.69. The van der Waals surface area contributed by atoms with E-state index in [1.54, 1.807) is 26.0 Å². The van der Waals surface area contributed by atoms with E-state index in [1.165, 1.54) is 12.1 Å². The van der Waals surface area contributed by atoms with Gasteiger partial charge in [-0.2, -0.15) is 0 Å². The summed E-state index contributed by atoms with van der Waals surface area (Å²) >= 11 is 3.22. The molecule has 0 amide bonds. The van der Waals surface area contributed by atoms with Gasteiger partial charge in [0.15, 0.2) is 0 Å². The molecule has 4 nitrogen and oxygen atoms in total. The van der Waals surface area contributed by atoms with Crippen molar-refractivity contribution in [2.75, 3.05) is 10.5 Å². The first-order valence-electron chi connectivity index (χ1n) is 6.04. The van der Waals surface area contributed by atoms with E-state index in [0.717, 1.165) is 6.07 Å². The summed E-state index contributed by atoms with van der Waals surface area (Å²) in [5, 5.41) is 0. The SMILES string of the molecule is Cc1cc(F)cc(NS(=O)(=O)c2cc(Br)cc(N)c2C)c1. The molecule has 0 aromatic heterocycles. The number of sulfonamides is 1. The van der Waals surface area contributed by atoms with Gasteiger partial charge in [-0.15, -0.1) is 0 Å². The van der Waals surface area contributed by atoms with Crippen LogP contribution in [0.25, 0.3) is 0 Å². The van der Waals surface area contributed by atoms with Crippen LogP contribution in [0.4, 0.5) is 15.8 Å². The first-order valence-corrected chi connectivity index (χ1v) is 8.32. The Hall–Kier alpha value is -1.60. The maximum atomic E-state index is 13.4. The van der Waals surface area contributed by atoms with Gasteiger partial charge in [-0.3, -0.25) is 4.72 Å². The summed E-state index contributed by atoms with van der Waals surface area (Å²) in [6, 6.07) is 7.08. The summed E-state index contributed by atoms with van der Waals surface area (Å²) in [5.74, 6) is -0.502. The van der Waals surface area contributed by atoms with Crippen LogP contribution >= 0.6 is 15.9 Å². The predicted molar refractivity (Wildman–Crippen MR) is 85.2 cm³/mol. The van der Waals surface area contributed by atoms with Crippen LogP contribution in [0.2, 0.25) is 0 Å². The molecule has 0 fully saturated rings. The van der Waals surface area contributed by atoms with Crippen molar-refractivity contribution < 1.29 is 12.8 Å². The molecule has 0 heterocycles. The zero-order chi connectivity index (χ0) is 15.8. The molecule has 2 aromatic rings. The zero-order valence-electron chi connectivity index (χ0n) is 11.4. The largest absolute Gasteiger partial charge is 0.398 e. The fourth-order valence-corrected chi connectivity index (χ4v) is 3.93. The van der Waals surface area contributed by atoms with Crippen molar-refractivity contribution in [3.63, 3.8) is 0 Å². The molecule has 0 unspecified atom stereocenters. The number of halogens is 2. The average molecular weight is 373 g/mol. The minimum absolute atomic E-state index is 0.0521. The van der Waals surface area contributed by atoms with E-state index in [0.29, 0.717) is 21.3 Å². The lowest BCUT2D eigenvalue weighted by atomic mass is 10.2. The third-order valence-electron chi connectivity index (χ3n) is 2.95. The first kappa shape index (κ1) is 15.8. The van der Waals surface area contributed by atoms with Gasteiger partial charge in [-0.1, -0.05) is 15.9 Å². The van der Waals surface area contributed by atoms with Crippen molar-refractivity contribution >= 4 is 37.3 Å². The summed E-state index contributed by atoms with van der Waals surface area (Å²) in [6.07, 6.45) is 0. The number of anilines is 2. The van der Waals surface area contributed by atoms with E-state index in [4.69, 9.17) is 5.73 Å². The van der Waals surface area contributed by atoms with Crippen LogP contribution in [-0.2, 0) is 10.0 Å². The predicted octanol–water partition coefficient (Wildman–Crippen LogP) is 3.59. The van der Waals surface area contributed by atoms with Gasteiger partial charge < -0.3 is 5.73 Å². The number of nitrogens with one attached hydrogen (secondary N) is 1. The summed E-state index contributed by atoms with van der Waals surface area (Å²) in [6.45, 7) is 3.30. The Labute approximate surface area is 131 Å². The number of nitrogens with two attached hydrogens (primary N) is 1. The van der Waals surface area contributed by atoms with Crippen LogP contribution in [-0.4, -0.2) is 8.42 Å². The van der Waals surface area contributed by atoms with Gasteiger partial charge >= 0.3 is 0 Å². The highest BCUT2D eigenvalue weighted by Gasteiger charge is 2.19. The van der Waals surface area contributed by atoms with E-state index in [-0.39, 0.29) is 10.6 Å². The Balaban J connectivity index is 2.48. The highest BCUT2D eigenvalue weighted by atomic mass is 79.9. The number of rotatable bonds is 3. The molecule has 0 saturated carbocycles. The molecule has 3 N–H and O–H groups in total. The second-order valence-corrected chi connectivity index (χ2v) is 7.31. The minimum Gasteiger partial charge on any atom is -0.398 e. The normalized spacial score (nSPS) is 11.4. The molecule has 21 heavy (non-hydrogen) atoms.